The summed E-state index contributed by atoms with van der Waals surface area (Å²) in [7, 11) is 0. The van der Waals surface area contributed by atoms with Gasteiger partial charge in [0.05, 0.1) is 18.5 Å². The minimum atomic E-state index is -1.26. The lowest BCUT2D eigenvalue weighted by Crippen LogP contribution is -2.57. The molecule has 0 saturated carbocycles. The van der Waals surface area contributed by atoms with Crippen LogP contribution in [0.15, 0.2) is 0 Å². The quantitative estimate of drug-likeness (QED) is 0.248. The number of rotatable bonds is 14. The van der Waals surface area contributed by atoms with Gasteiger partial charge in [0, 0.05) is 12.0 Å². The molecule has 0 saturated heterocycles. The van der Waals surface area contributed by atoms with Gasteiger partial charge < -0.3 is 27.0 Å². The molecule has 4 unspecified atom stereocenters. The Morgan fingerprint density at radius 1 is 0.688 bits per heavy atom. The Balaban J connectivity index is 5.28. The summed E-state index contributed by atoms with van der Waals surface area (Å²) in [5, 5.41) is 10.7. The van der Waals surface area contributed by atoms with Gasteiger partial charge in [0.2, 0.25) is 23.6 Å². The highest BCUT2D eigenvalue weighted by Crippen LogP contribution is 2.11. The molecule has 0 aromatic rings. The molecule has 0 bridgehead atoms. The first-order valence-corrected chi connectivity index (χ1v) is 11.1. The number of ketones is 1. The van der Waals surface area contributed by atoms with E-state index in [1.54, 1.807) is 20.8 Å². The highest BCUT2D eigenvalue weighted by atomic mass is 16.2. The molecule has 0 rings (SSSR count). The van der Waals surface area contributed by atoms with Crippen molar-refractivity contribution >= 4 is 29.4 Å². The molecule has 0 aliphatic rings. The van der Waals surface area contributed by atoms with Crippen molar-refractivity contribution in [2.45, 2.75) is 98.4 Å². The molecule has 184 valence electrons. The van der Waals surface area contributed by atoms with Gasteiger partial charge in [0.25, 0.3) is 0 Å². The second kappa shape index (κ2) is 13.8. The summed E-state index contributed by atoms with van der Waals surface area (Å²) < 4.78 is 0. The molecule has 0 radical (unpaired) electrons. The molecule has 0 aliphatic carbocycles. The van der Waals surface area contributed by atoms with Gasteiger partial charge in [-0.25, -0.2) is 0 Å². The van der Waals surface area contributed by atoms with Crippen LogP contribution in [0.4, 0.5) is 0 Å². The van der Waals surface area contributed by atoms with Crippen molar-refractivity contribution in [1.82, 2.24) is 21.3 Å². The van der Waals surface area contributed by atoms with E-state index in [-0.39, 0.29) is 29.6 Å². The van der Waals surface area contributed by atoms with E-state index in [0.29, 0.717) is 6.42 Å². The fraction of sp³-hybridized carbons (Fsp3) is 0.773. The molecule has 0 aliphatic heterocycles. The van der Waals surface area contributed by atoms with E-state index in [0.717, 1.165) is 0 Å². The first-order valence-electron chi connectivity index (χ1n) is 11.1. The van der Waals surface area contributed by atoms with Crippen LogP contribution in [0, 0.1) is 11.8 Å². The summed E-state index contributed by atoms with van der Waals surface area (Å²) in [5.41, 5.74) is 5.25. The molecule has 6 N–H and O–H groups in total. The Kier molecular flexibility index (Phi) is 12.7. The first-order chi connectivity index (χ1) is 14.6. The van der Waals surface area contributed by atoms with E-state index in [9.17, 15) is 24.0 Å². The van der Waals surface area contributed by atoms with Crippen LogP contribution in [-0.4, -0.2) is 59.6 Å². The minimum absolute atomic E-state index is 0.0795. The molecule has 4 atom stereocenters. The van der Waals surface area contributed by atoms with Crippen molar-refractivity contribution in [3.63, 3.8) is 0 Å². The average Bonchev–Trinajstić information content (AvgIpc) is 2.64. The standard InChI is InChI=1S/C22H41N5O5/c1-11(2)9-16(19(29)12(3)4)26-22(32)17(10-18(23)28)27-21(31)15(8)25-20(30)14(7)24-13(5)6/h11-17,24H,9-10H2,1-8H3,(H2,23,28)(H,25,30)(H,26,32)(H,27,31). The highest BCUT2D eigenvalue weighted by Gasteiger charge is 2.30. The zero-order valence-electron chi connectivity index (χ0n) is 20.6. The summed E-state index contributed by atoms with van der Waals surface area (Å²) in [4.78, 5) is 61.6. The van der Waals surface area contributed by atoms with E-state index >= 15 is 0 Å². The Hall–Kier alpha value is -2.49. The third kappa shape index (κ3) is 11.2. The lowest BCUT2D eigenvalue weighted by molar-refractivity contribution is -0.135. The van der Waals surface area contributed by atoms with Crippen molar-refractivity contribution < 1.29 is 24.0 Å². The number of hydrogen-bond donors (Lipinski definition) is 5. The normalized spacial score (nSPS) is 15.1. The molecule has 32 heavy (non-hydrogen) atoms. The number of carbonyl (C=O) groups excluding carboxylic acids is 5. The molecule has 10 heteroatoms. The molecular weight excluding hydrogens is 414 g/mol. The Labute approximate surface area is 191 Å². The molecule has 0 spiro atoms. The maximum absolute atomic E-state index is 12.8. The smallest absolute Gasteiger partial charge is 0.243 e. The molecule has 4 amide bonds. The number of amides is 4. The van der Waals surface area contributed by atoms with E-state index < -0.39 is 48.3 Å². The third-order valence-corrected chi connectivity index (χ3v) is 4.70. The number of nitrogens with one attached hydrogen (secondary N) is 4. The Bertz CT molecular complexity index is 678. The van der Waals surface area contributed by atoms with Crippen molar-refractivity contribution in [1.29, 1.82) is 0 Å². The van der Waals surface area contributed by atoms with Crippen LogP contribution < -0.4 is 27.0 Å². The van der Waals surface area contributed by atoms with Gasteiger partial charge in [0.15, 0.2) is 5.78 Å². The topological polar surface area (TPSA) is 159 Å². The summed E-state index contributed by atoms with van der Waals surface area (Å²) in [5.74, 6) is -2.77. The van der Waals surface area contributed by atoms with Gasteiger partial charge in [0.1, 0.15) is 12.1 Å². The number of primary amides is 1. The predicted octanol–water partition coefficient (Wildman–Crippen LogP) is -0.00620. The Morgan fingerprint density at radius 3 is 1.62 bits per heavy atom. The number of Topliss-reactive ketones (excluding diaryl/α,β-unsaturated/α-hetero) is 1. The van der Waals surface area contributed by atoms with Crippen LogP contribution in [-0.2, 0) is 24.0 Å². The number of nitrogens with two attached hydrogens (primary N) is 1. The van der Waals surface area contributed by atoms with Crippen LogP contribution in [0.3, 0.4) is 0 Å². The fourth-order valence-corrected chi connectivity index (χ4v) is 3.08. The molecule has 0 fully saturated rings. The third-order valence-electron chi connectivity index (χ3n) is 4.70. The SMILES string of the molecule is CC(C)CC(NC(=O)C(CC(N)=O)NC(=O)C(C)NC(=O)C(C)NC(C)C)C(=O)C(C)C. The maximum atomic E-state index is 12.8. The minimum Gasteiger partial charge on any atom is -0.370 e. The van der Waals surface area contributed by atoms with Crippen molar-refractivity contribution in [3.8, 4) is 0 Å². The summed E-state index contributed by atoms with van der Waals surface area (Å²) in [6.45, 7) is 14.3. The van der Waals surface area contributed by atoms with Crippen molar-refractivity contribution in [3.05, 3.63) is 0 Å². The zero-order valence-corrected chi connectivity index (χ0v) is 20.6. The summed E-state index contributed by atoms with van der Waals surface area (Å²) in [6, 6.07) is -3.40. The Morgan fingerprint density at radius 2 is 1.19 bits per heavy atom. The second-order valence-corrected chi connectivity index (χ2v) is 9.25. The van der Waals surface area contributed by atoms with Gasteiger partial charge in [-0.3, -0.25) is 24.0 Å². The van der Waals surface area contributed by atoms with E-state index in [1.807, 2.05) is 27.7 Å². The van der Waals surface area contributed by atoms with Gasteiger partial charge in [-0.2, -0.15) is 0 Å². The van der Waals surface area contributed by atoms with Crippen molar-refractivity contribution in [2.24, 2.45) is 17.6 Å². The van der Waals surface area contributed by atoms with Crippen LogP contribution >= 0.6 is 0 Å². The molecule has 0 heterocycles. The van der Waals surface area contributed by atoms with Crippen molar-refractivity contribution in [2.75, 3.05) is 0 Å². The number of carbonyl (C=O) groups is 5. The monoisotopic (exact) mass is 455 g/mol. The fourth-order valence-electron chi connectivity index (χ4n) is 3.08. The largest absolute Gasteiger partial charge is 0.370 e. The van der Waals surface area contributed by atoms with Crippen LogP contribution in [0.1, 0.15) is 68.2 Å². The number of hydrogen-bond acceptors (Lipinski definition) is 6. The molecule has 0 aromatic heterocycles. The maximum Gasteiger partial charge on any atom is 0.243 e. The first kappa shape index (κ1) is 29.5. The molecular formula is C22H41N5O5. The highest BCUT2D eigenvalue weighted by molar-refractivity contribution is 5.97. The van der Waals surface area contributed by atoms with E-state index in [2.05, 4.69) is 21.3 Å². The summed E-state index contributed by atoms with van der Waals surface area (Å²) >= 11 is 0. The van der Waals surface area contributed by atoms with E-state index in [1.165, 1.54) is 6.92 Å². The lowest BCUT2D eigenvalue weighted by Gasteiger charge is -2.26. The van der Waals surface area contributed by atoms with Gasteiger partial charge in [-0.1, -0.05) is 41.5 Å². The van der Waals surface area contributed by atoms with E-state index in [4.69, 9.17) is 5.73 Å². The van der Waals surface area contributed by atoms with Crippen LogP contribution in [0.5, 0.6) is 0 Å². The molecule has 10 nitrogen and oxygen atoms in total. The second-order valence-electron chi connectivity index (χ2n) is 9.25. The van der Waals surface area contributed by atoms with Gasteiger partial charge in [-0.15, -0.1) is 0 Å². The zero-order chi connectivity index (χ0) is 25.2. The van der Waals surface area contributed by atoms with Crippen LogP contribution in [0.25, 0.3) is 0 Å². The van der Waals surface area contributed by atoms with Crippen LogP contribution in [0.2, 0.25) is 0 Å². The van der Waals surface area contributed by atoms with Gasteiger partial charge >= 0.3 is 0 Å². The predicted molar refractivity (Wildman–Crippen MR) is 122 cm³/mol. The lowest BCUT2D eigenvalue weighted by atomic mass is 9.94. The average molecular weight is 456 g/mol. The van der Waals surface area contributed by atoms with Gasteiger partial charge in [-0.05, 0) is 26.2 Å². The summed E-state index contributed by atoms with van der Waals surface area (Å²) in [6.07, 6.45) is -0.0129. The molecule has 0 aromatic carbocycles.